The molecule has 4 N–H and O–H groups in total. The molecule has 1 aromatic carbocycles. The van der Waals surface area contributed by atoms with Gasteiger partial charge in [0.25, 0.3) is 5.91 Å². The summed E-state index contributed by atoms with van der Waals surface area (Å²) in [6, 6.07) is 7.16. The first-order chi connectivity index (χ1) is 9.09. The van der Waals surface area contributed by atoms with Gasteiger partial charge in [0.05, 0.1) is 0 Å². The zero-order valence-electron chi connectivity index (χ0n) is 10.7. The molecule has 5 heteroatoms. The molecular formula is C14H18N2O3. The van der Waals surface area contributed by atoms with E-state index in [1.165, 1.54) is 0 Å². The van der Waals surface area contributed by atoms with Crippen LogP contribution >= 0.6 is 0 Å². The van der Waals surface area contributed by atoms with E-state index in [4.69, 9.17) is 5.73 Å². The van der Waals surface area contributed by atoms with Crippen molar-refractivity contribution in [2.24, 2.45) is 5.73 Å². The van der Waals surface area contributed by atoms with E-state index in [0.717, 1.165) is 12.0 Å². The minimum atomic E-state index is -1.08. The van der Waals surface area contributed by atoms with E-state index in [2.05, 4.69) is 5.32 Å². The van der Waals surface area contributed by atoms with Crippen LogP contribution < -0.4 is 11.1 Å². The molecule has 1 aromatic rings. The molecular weight excluding hydrogens is 244 g/mol. The van der Waals surface area contributed by atoms with Crippen molar-refractivity contribution in [3.05, 3.63) is 35.4 Å². The van der Waals surface area contributed by atoms with Crippen molar-refractivity contribution in [2.75, 3.05) is 6.54 Å². The summed E-state index contributed by atoms with van der Waals surface area (Å²) in [7, 11) is 0. The number of carboxylic acid groups (broad SMARTS) is 1. The van der Waals surface area contributed by atoms with Crippen LogP contribution in [-0.4, -0.2) is 29.1 Å². The lowest BCUT2D eigenvalue weighted by Crippen LogP contribution is -2.59. The molecule has 0 aliphatic heterocycles. The lowest BCUT2D eigenvalue weighted by molar-refractivity contribution is -0.148. The second-order valence-electron chi connectivity index (χ2n) is 4.89. The third-order valence-electron chi connectivity index (χ3n) is 3.64. The molecule has 0 unspecified atom stereocenters. The number of aliphatic carboxylic acids is 1. The minimum Gasteiger partial charge on any atom is -0.480 e. The number of carbonyl (C=O) groups is 2. The molecule has 0 radical (unpaired) electrons. The molecule has 0 spiro atoms. The fourth-order valence-electron chi connectivity index (χ4n) is 2.32. The van der Waals surface area contributed by atoms with Gasteiger partial charge in [0.15, 0.2) is 0 Å². The zero-order valence-corrected chi connectivity index (χ0v) is 10.7. The maximum Gasteiger partial charge on any atom is 0.329 e. The summed E-state index contributed by atoms with van der Waals surface area (Å²) in [4.78, 5) is 23.5. The highest BCUT2D eigenvalue weighted by molar-refractivity contribution is 5.99. The lowest BCUT2D eigenvalue weighted by atomic mass is 9.76. The average Bonchev–Trinajstić information content (AvgIpc) is 2.34. The van der Waals surface area contributed by atoms with Crippen LogP contribution in [0.25, 0.3) is 0 Å². The number of nitrogens with one attached hydrogen (secondary N) is 1. The first-order valence-electron chi connectivity index (χ1n) is 6.43. The predicted octanol–water partition coefficient (Wildman–Crippen LogP) is 0.925. The molecule has 0 aromatic heterocycles. The van der Waals surface area contributed by atoms with E-state index in [1.54, 1.807) is 12.1 Å². The van der Waals surface area contributed by atoms with Crippen molar-refractivity contribution in [3.8, 4) is 0 Å². The monoisotopic (exact) mass is 262 g/mol. The van der Waals surface area contributed by atoms with Crippen molar-refractivity contribution in [2.45, 2.75) is 31.2 Å². The SMILES string of the molecule is NCCc1ccccc1C(=O)NC1(C(=O)O)CCC1. The van der Waals surface area contributed by atoms with E-state index in [0.29, 0.717) is 31.4 Å². The molecule has 1 aliphatic rings. The molecule has 19 heavy (non-hydrogen) atoms. The van der Waals surface area contributed by atoms with E-state index >= 15 is 0 Å². The highest BCUT2D eigenvalue weighted by Gasteiger charge is 2.45. The van der Waals surface area contributed by atoms with Crippen LogP contribution in [-0.2, 0) is 11.2 Å². The number of carbonyl (C=O) groups excluding carboxylic acids is 1. The molecule has 2 rings (SSSR count). The number of hydrogen-bond acceptors (Lipinski definition) is 3. The largest absolute Gasteiger partial charge is 0.480 e. The summed E-state index contributed by atoms with van der Waals surface area (Å²) in [6.45, 7) is 0.453. The number of nitrogens with two attached hydrogens (primary N) is 1. The summed E-state index contributed by atoms with van der Waals surface area (Å²) < 4.78 is 0. The minimum absolute atomic E-state index is 0.328. The Balaban J connectivity index is 2.18. The molecule has 0 saturated heterocycles. The van der Waals surface area contributed by atoms with Gasteiger partial charge in [0.1, 0.15) is 5.54 Å². The topological polar surface area (TPSA) is 92.4 Å². The van der Waals surface area contributed by atoms with E-state index in [9.17, 15) is 14.7 Å². The molecule has 0 heterocycles. The first kappa shape index (κ1) is 13.5. The van der Waals surface area contributed by atoms with Crippen molar-refractivity contribution in [1.82, 2.24) is 5.32 Å². The van der Waals surface area contributed by atoms with Crippen LogP contribution in [0.4, 0.5) is 0 Å². The third kappa shape index (κ3) is 2.61. The van der Waals surface area contributed by atoms with E-state index in [-0.39, 0.29) is 5.91 Å². The molecule has 102 valence electrons. The molecule has 1 saturated carbocycles. The zero-order chi connectivity index (χ0) is 13.9. The van der Waals surface area contributed by atoms with Crippen LogP contribution in [0, 0.1) is 0 Å². The normalized spacial score (nSPS) is 16.5. The van der Waals surface area contributed by atoms with Crippen molar-refractivity contribution in [3.63, 3.8) is 0 Å². The number of benzene rings is 1. The molecule has 0 atom stereocenters. The van der Waals surface area contributed by atoms with Gasteiger partial charge in [0.2, 0.25) is 0 Å². The molecule has 0 bridgehead atoms. The summed E-state index contributed by atoms with van der Waals surface area (Å²) in [6.07, 6.45) is 2.42. The van der Waals surface area contributed by atoms with Crippen LogP contribution in [0.15, 0.2) is 24.3 Å². The van der Waals surface area contributed by atoms with Crippen molar-refractivity contribution in [1.29, 1.82) is 0 Å². The van der Waals surface area contributed by atoms with Crippen molar-refractivity contribution < 1.29 is 14.7 Å². The van der Waals surface area contributed by atoms with Crippen molar-refractivity contribution >= 4 is 11.9 Å². The highest BCUT2D eigenvalue weighted by atomic mass is 16.4. The number of rotatable bonds is 5. The van der Waals surface area contributed by atoms with Gasteiger partial charge in [-0.2, -0.15) is 0 Å². The second kappa shape index (κ2) is 5.40. The lowest BCUT2D eigenvalue weighted by Gasteiger charge is -2.38. The van der Waals surface area contributed by atoms with Crippen LogP contribution in [0.5, 0.6) is 0 Å². The number of hydrogen-bond donors (Lipinski definition) is 3. The Morgan fingerprint density at radius 2 is 2.00 bits per heavy atom. The van der Waals surface area contributed by atoms with E-state index < -0.39 is 11.5 Å². The van der Waals surface area contributed by atoms with Gasteiger partial charge in [-0.3, -0.25) is 4.79 Å². The van der Waals surface area contributed by atoms with Gasteiger partial charge in [-0.15, -0.1) is 0 Å². The highest BCUT2D eigenvalue weighted by Crippen LogP contribution is 2.32. The van der Waals surface area contributed by atoms with E-state index in [1.807, 2.05) is 12.1 Å². The van der Waals surface area contributed by atoms with Crippen LogP contribution in [0.3, 0.4) is 0 Å². The molecule has 5 nitrogen and oxygen atoms in total. The fraction of sp³-hybridized carbons (Fsp3) is 0.429. The maximum atomic E-state index is 12.2. The Hall–Kier alpha value is -1.88. The molecule has 1 fully saturated rings. The Labute approximate surface area is 111 Å². The first-order valence-corrected chi connectivity index (χ1v) is 6.43. The molecule has 1 amide bonds. The Bertz CT molecular complexity index is 495. The summed E-state index contributed by atoms with van der Waals surface area (Å²) >= 11 is 0. The summed E-state index contributed by atoms with van der Waals surface area (Å²) in [5, 5.41) is 11.9. The Morgan fingerprint density at radius 1 is 1.32 bits per heavy atom. The summed E-state index contributed by atoms with van der Waals surface area (Å²) in [5.41, 5.74) is 5.80. The van der Waals surface area contributed by atoms with Gasteiger partial charge >= 0.3 is 5.97 Å². The Morgan fingerprint density at radius 3 is 2.53 bits per heavy atom. The maximum absolute atomic E-state index is 12.2. The summed E-state index contributed by atoms with van der Waals surface area (Å²) in [5.74, 6) is -1.28. The molecule has 1 aliphatic carbocycles. The van der Waals surface area contributed by atoms with Gasteiger partial charge in [-0.05, 0) is 43.9 Å². The standard InChI is InChI=1S/C14H18N2O3/c15-9-6-10-4-1-2-5-11(10)12(17)16-14(13(18)19)7-3-8-14/h1-2,4-5H,3,6-9,15H2,(H,16,17)(H,18,19). The van der Waals surface area contributed by atoms with Crippen LogP contribution in [0.2, 0.25) is 0 Å². The average molecular weight is 262 g/mol. The fourth-order valence-corrected chi connectivity index (χ4v) is 2.32. The quantitative estimate of drug-likeness (QED) is 0.736. The predicted molar refractivity (Wildman–Crippen MR) is 70.9 cm³/mol. The van der Waals surface area contributed by atoms with Gasteiger partial charge in [-0.25, -0.2) is 4.79 Å². The van der Waals surface area contributed by atoms with Gasteiger partial charge in [0, 0.05) is 5.56 Å². The Kier molecular flexibility index (Phi) is 3.85. The smallest absolute Gasteiger partial charge is 0.329 e. The van der Waals surface area contributed by atoms with Gasteiger partial charge in [-0.1, -0.05) is 18.2 Å². The number of carboxylic acids is 1. The second-order valence-corrected chi connectivity index (χ2v) is 4.89. The van der Waals surface area contributed by atoms with Crippen LogP contribution in [0.1, 0.15) is 35.2 Å². The third-order valence-corrected chi connectivity index (χ3v) is 3.64. The number of amides is 1. The van der Waals surface area contributed by atoms with Gasteiger partial charge < -0.3 is 16.2 Å².